The van der Waals surface area contributed by atoms with Crippen LogP contribution in [0.25, 0.3) is 0 Å². The number of benzene rings is 1. The van der Waals surface area contributed by atoms with E-state index in [1.807, 2.05) is 31.2 Å². The Hall–Kier alpha value is -1.76. The number of nitrogens with one attached hydrogen (secondary N) is 1. The van der Waals surface area contributed by atoms with Crippen LogP contribution >= 0.6 is 34.7 Å². The molecule has 23 heavy (non-hydrogen) atoms. The molecule has 1 aliphatic heterocycles. The van der Waals surface area contributed by atoms with Gasteiger partial charge in [-0.25, -0.2) is 10.4 Å². The number of thioether (sulfide) groups is 1. The Morgan fingerprint density at radius 1 is 1.30 bits per heavy atom. The second kappa shape index (κ2) is 7.21. The van der Waals surface area contributed by atoms with Crippen LogP contribution < -0.4 is 11.2 Å². The topological polar surface area (TPSA) is 62.8 Å². The van der Waals surface area contributed by atoms with Gasteiger partial charge in [0, 0.05) is 14.8 Å². The van der Waals surface area contributed by atoms with Crippen LogP contribution in [0.15, 0.2) is 68.5 Å². The number of nitrogens with zero attached hydrogens (tertiary/aromatic N) is 2. The first-order chi connectivity index (χ1) is 11.1. The van der Waals surface area contributed by atoms with E-state index in [1.54, 1.807) is 23.1 Å². The van der Waals surface area contributed by atoms with Gasteiger partial charge in [0.25, 0.3) is 0 Å². The monoisotopic (exact) mass is 362 g/mol. The van der Waals surface area contributed by atoms with Gasteiger partial charge >= 0.3 is 0 Å². The number of hydrazone groups is 1. The van der Waals surface area contributed by atoms with Crippen LogP contribution in [0.3, 0.4) is 0 Å². The summed E-state index contributed by atoms with van der Waals surface area (Å²) in [6.07, 6.45) is 2.09. The first-order valence-electron chi connectivity index (χ1n) is 6.94. The van der Waals surface area contributed by atoms with Crippen LogP contribution in [0.5, 0.6) is 0 Å². The molecular formula is C16H15ClN4S2. The van der Waals surface area contributed by atoms with E-state index in [4.69, 9.17) is 17.3 Å². The molecule has 0 amide bonds. The van der Waals surface area contributed by atoms with Crippen molar-refractivity contribution in [1.82, 2.24) is 5.43 Å². The highest BCUT2D eigenvalue weighted by molar-refractivity contribution is 7.99. The van der Waals surface area contributed by atoms with Gasteiger partial charge in [0.15, 0.2) is 0 Å². The molecule has 0 aliphatic carbocycles. The SMILES string of the molecule is CC1=NNC(N)=NC1=CC(Sc1ccc(Cl)cc1)c1cccs1. The van der Waals surface area contributed by atoms with Crippen LogP contribution in [-0.4, -0.2) is 11.7 Å². The fraction of sp³-hybridized carbons (Fsp3) is 0.125. The summed E-state index contributed by atoms with van der Waals surface area (Å²) in [5.74, 6) is 0.309. The lowest BCUT2D eigenvalue weighted by molar-refractivity contribution is 0.972. The number of rotatable bonds is 4. The third-order valence-electron chi connectivity index (χ3n) is 3.16. The third-order valence-corrected chi connectivity index (χ3v) is 5.70. The maximum absolute atomic E-state index is 5.97. The molecule has 1 unspecified atom stereocenters. The van der Waals surface area contributed by atoms with Gasteiger partial charge in [0.05, 0.1) is 16.7 Å². The molecule has 1 aliphatic rings. The highest BCUT2D eigenvalue weighted by Gasteiger charge is 2.16. The number of thiophene rings is 1. The van der Waals surface area contributed by atoms with Crippen molar-refractivity contribution in [3.63, 3.8) is 0 Å². The van der Waals surface area contributed by atoms with Crippen LogP contribution in [0.1, 0.15) is 17.1 Å². The van der Waals surface area contributed by atoms with E-state index in [-0.39, 0.29) is 5.25 Å². The minimum absolute atomic E-state index is 0.131. The lowest BCUT2D eigenvalue weighted by Crippen LogP contribution is -2.31. The third kappa shape index (κ3) is 4.16. The van der Waals surface area contributed by atoms with Gasteiger partial charge in [-0.1, -0.05) is 17.7 Å². The van der Waals surface area contributed by atoms with Gasteiger partial charge in [-0.3, -0.25) is 0 Å². The molecule has 2 aromatic rings. The number of hydrogen-bond acceptors (Lipinski definition) is 6. The van der Waals surface area contributed by atoms with Crippen LogP contribution in [0.2, 0.25) is 5.02 Å². The number of allylic oxidation sites excluding steroid dienone is 1. The molecule has 0 fully saturated rings. The number of aliphatic imine (C=N–C) groups is 1. The summed E-state index contributed by atoms with van der Waals surface area (Å²) in [6.45, 7) is 1.91. The van der Waals surface area contributed by atoms with Crippen molar-refractivity contribution >= 4 is 46.4 Å². The average molecular weight is 363 g/mol. The molecular weight excluding hydrogens is 348 g/mol. The molecule has 1 aromatic heterocycles. The fourth-order valence-corrected chi connectivity index (χ4v) is 4.11. The highest BCUT2D eigenvalue weighted by Crippen LogP contribution is 2.39. The molecule has 3 rings (SSSR count). The summed E-state index contributed by atoms with van der Waals surface area (Å²) in [5.41, 5.74) is 10.0. The standard InChI is InChI=1S/C16H15ClN4S2/c1-10-13(19-16(18)21-20-10)9-15(14-3-2-8-22-14)23-12-6-4-11(17)5-7-12/h2-9,15H,1H3,(H3,18,19,21). The van der Waals surface area contributed by atoms with E-state index in [0.717, 1.165) is 21.3 Å². The summed E-state index contributed by atoms with van der Waals surface area (Å²) in [7, 11) is 0. The van der Waals surface area contributed by atoms with Crippen LogP contribution in [0, 0.1) is 0 Å². The van der Waals surface area contributed by atoms with Gasteiger partial charge in [-0.05, 0) is 48.7 Å². The molecule has 0 saturated heterocycles. The van der Waals surface area contributed by atoms with Crippen LogP contribution in [-0.2, 0) is 0 Å². The Bertz CT molecular complexity index is 764. The zero-order valence-corrected chi connectivity index (χ0v) is 14.8. The number of halogens is 1. The molecule has 1 atom stereocenters. The van der Waals surface area contributed by atoms with Gasteiger partial charge < -0.3 is 5.73 Å². The first kappa shape index (κ1) is 16.1. The fourth-order valence-electron chi connectivity index (χ4n) is 2.02. The van der Waals surface area contributed by atoms with E-state index in [9.17, 15) is 0 Å². The largest absolute Gasteiger partial charge is 0.368 e. The highest BCUT2D eigenvalue weighted by atomic mass is 35.5. The number of nitrogens with two attached hydrogens (primary N) is 1. The number of guanidine groups is 1. The Kier molecular flexibility index (Phi) is 5.05. The zero-order valence-electron chi connectivity index (χ0n) is 12.4. The lowest BCUT2D eigenvalue weighted by Gasteiger charge is -2.15. The summed E-state index contributed by atoms with van der Waals surface area (Å²) < 4.78 is 0. The molecule has 3 N–H and O–H groups in total. The van der Waals surface area contributed by atoms with E-state index >= 15 is 0 Å². The zero-order chi connectivity index (χ0) is 16.2. The van der Waals surface area contributed by atoms with Gasteiger partial charge in [-0.2, -0.15) is 5.10 Å². The summed E-state index contributed by atoms with van der Waals surface area (Å²) >= 11 is 9.42. The second-order valence-electron chi connectivity index (χ2n) is 4.87. The second-order valence-corrected chi connectivity index (χ2v) is 7.50. The lowest BCUT2D eigenvalue weighted by atomic mass is 10.2. The van der Waals surface area contributed by atoms with Crippen molar-refractivity contribution in [1.29, 1.82) is 0 Å². The van der Waals surface area contributed by atoms with Crippen molar-refractivity contribution in [2.75, 3.05) is 0 Å². The van der Waals surface area contributed by atoms with E-state index in [1.165, 1.54) is 4.88 Å². The molecule has 0 bridgehead atoms. The maximum Gasteiger partial charge on any atom is 0.214 e. The smallest absolute Gasteiger partial charge is 0.214 e. The van der Waals surface area contributed by atoms with E-state index < -0.39 is 0 Å². The van der Waals surface area contributed by atoms with Crippen molar-refractivity contribution in [3.8, 4) is 0 Å². The molecule has 118 valence electrons. The molecule has 4 nitrogen and oxygen atoms in total. The summed E-state index contributed by atoms with van der Waals surface area (Å²) in [4.78, 5) is 6.74. The molecule has 7 heteroatoms. The van der Waals surface area contributed by atoms with Crippen molar-refractivity contribution in [3.05, 3.63) is 63.5 Å². The molecule has 1 aromatic carbocycles. The minimum atomic E-state index is 0.131. The van der Waals surface area contributed by atoms with Gasteiger partial charge in [0.1, 0.15) is 0 Å². The normalized spacial score (nSPS) is 17.4. The van der Waals surface area contributed by atoms with E-state index in [2.05, 4.69) is 39.1 Å². The van der Waals surface area contributed by atoms with Crippen LogP contribution in [0.4, 0.5) is 0 Å². The summed E-state index contributed by atoms with van der Waals surface area (Å²) in [6, 6.07) is 12.0. The maximum atomic E-state index is 5.97. The summed E-state index contributed by atoms with van der Waals surface area (Å²) in [5, 5.41) is 7.10. The Labute approximate surface area is 148 Å². The van der Waals surface area contributed by atoms with Gasteiger partial charge in [0.2, 0.25) is 5.96 Å². The Morgan fingerprint density at radius 2 is 2.09 bits per heavy atom. The number of hydrogen-bond donors (Lipinski definition) is 2. The van der Waals surface area contributed by atoms with Crippen molar-refractivity contribution in [2.45, 2.75) is 17.1 Å². The first-order valence-corrected chi connectivity index (χ1v) is 9.08. The molecule has 0 radical (unpaired) electrons. The molecule has 0 saturated carbocycles. The average Bonchev–Trinajstić information content (AvgIpc) is 3.06. The van der Waals surface area contributed by atoms with Crippen molar-refractivity contribution < 1.29 is 0 Å². The predicted molar refractivity (Wildman–Crippen MR) is 100 cm³/mol. The minimum Gasteiger partial charge on any atom is -0.368 e. The predicted octanol–water partition coefficient (Wildman–Crippen LogP) is 4.41. The Balaban J connectivity index is 1.92. The van der Waals surface area contributed by atoms with Gasteiger partial charge in [-0.15, -0.1) is 23.1 Å². The Morgan fingerprint density at radius 3 is 2.78 bits per heavy atom. The molecule has 2 heterocycles. The van der Waals surface area contributed by atoms with E-state index in [0.29, 0.717) is 5.96 Å². The molecule has 0 spiro atoms. The van der Waals surface area contributed by atoms with Crippen molar-refractivity contribution in [2.24, 2.45) is 15.8 Å². The quantitative estimate of drug-likeness (QED) is 0.792.